The second-order valence-corrected chi connectivity index (χ2v) is 11.2. The summed E-state index contributed by atoms with van der Waals surface area (Å²) in [6, 6.07) is 23.0. The molecule has 2 heterocycles. The third-order valence-electron chi connectivity index (χ3n) is 7.24. The number of ketones is 1. The maximum absolute atomic E-state index is 13.4. The van der Waals surface area contributed by atoms with E-state index < -0.39 is 35.4 Å². The van der Waals surface area contributed by atoms with Crippen molar-refractivity contribution in [2.75, 3.05) is 31.5 Å². The fraction of sp³-hybridized carbons (Fsp3) is 0.147. The Labute approximate surface area is 273 Å². The van der Waals surface area contributed by atoms with Crippen molar-refractivity contribution in [3.8, 4) is 34.8 Å². The van der Waals surface area contributed by atoms with Crippen LogP contribution in [0.3, 0.4) is 0 Å². The zero-order chi connectivity index (χ0) is 33.7. The third-order valence-corrected chi connectivity index (χ3v) is 8.41. The van der Waals surface area contributed by atoms with Crippen molar-refractivity contribution in [2.24, 2.45) is 0 Å². The number of rotatable bonds is 10. The van der Waals surface area contributed by atoms with Gasteiger partial charge in [0.2, 0.25) is 11.8 Å². The molecule has 47 heavy (non-hydrogen) atoms. The number of amides is 2. The molecule has 13 heteroatoms. The van der Waals surface area contributed by atoms with E-state index in [9.17, 15) is 29.7 Å². The van der Waals surface area contributed by atoms with Crippen LogP contribution >= 0.6 is 11.8 Å². The quantitative estimate of drug-likeness (QED) is 0.144. The smallest absolute Gasteiger partial charge is 0.338 e. The molecule has 0 spiro atoms. The van der Waals surface area contributed by atoms with Gasteiger partial charge in [-0.25, -0.2) is 14.7 Å². The van der Waals surface area contributed by atoms with Crippen LogP contribution in [0.5, 0.6) is 11.5 Å². The molecule has 1 fully saturated rings. The van der Waals surface area contributed by atoms with Crippen LogP contribution in [-0.2, 0) is 14.3 Å². The average Bonchev–Trinajstić information content (AvgIpc) is 3.38. The predicted octanol–water partition coefficient (Wildman–Crippen LogP) is 4.56. The highest BCUT2D eigenvalue weighted by Gasteiger charge is 2.41. The molecule has 5 rings (SSSR count). The van der Waals surface area contributed by atoms with Crippen LogP contribution in [-0.4, -0.2) is 54.6 Å². The number of hydrogen-bond donors (Lipinski definition) is 1. The highest BCUT2D eigenvalue weighted by Crippen LogP contribution is 2.40. The molecule has 2 amide bonds. The monoisotopic (exact) mass is 647 g/mol. The molecule has 4 aromatic rings. The van der Waals surface area contributed by atoms with Crippen LogP contribution in [0.25, 0.3) is 11.1 Å². The molecule has 1 saturated heterocycles. The number of nitrogens with two attached hydrogens (primary N) is 1. The number of thioether (sulfide) groups is 1. The summed E-state index contributed by atoms with van der Waals surface area (Å²) in [6.45, 7) is -0.525. The van der Waals surface area contributed by atoms with Gasteiger partial charge in [-0.05, 0) is 48.0 Å². The number of benzene rings is 3. The van der Waals surface area contributed by atoms with Crippen LogP contribution in [0.2, 0.25) is 0 Å². The minimum atomic E-state index is -0.926. The molecule has 12 nitrogen and oxygen atoms in total. The van der Waals surface area contributed by atoms with Gasteiger partial charge in [-0.3, -0.25) is 14.4 Å². The number of hydrogen-bond acceptors (Lipinski definition) is 12. The van der Waals surface area contributed by atoms with Crippen molar-refractivity contribution < 1.29 is 33.4 Å². The maximum Gasteiger partial charge on any atom is 0.338 e. The van der Waals surface area contributed by atoms with E-state index in [4.69, 9.17) is 19.9 Å². The Bertz CT molecular complexity index is 1990. The van der Waals surface area contributed by atoms with E-state index in [0.29, 0.717) is 22.6 Å². The number of Topliss-reactive ketones (excluding diaryl/α,β-unsaturated/α-hetero) is 1. The van der Waals surface area contributed by atoms with Gasteiger partial charge in [-0.15, -0.1) is 0 Å². The van der Waals surface area contributed by atoms with Crippen LogP contribution in [0.15, 0.2) is 77.8 Å². The van der Waals surface area contributed by atoms with Crippen LogP contribution in [0.1, 0.15) is 38.3 Å². The highest BCUT2D eigenvalue weighted by molar-refractivity contribution is 8.00. The SMILES string of the molecule is COc1ccc(C(=O)COC(=O)c2ccc(N3C(=O)CC(Sc4nc(N)c(C#N)c(-c5ccccc5)c4C#N)C3=O)cc2)cc1OC. The number of imide groups is 1. The zero-order valence-electron chi connectivity index (χ0n) is 25.1. The molecule has 1 atom stereocenters. The minimum Gasteiger partial charge on any atom is -0.493 e. The van der Waals surface area contributed by atoms with Gasteiger partial charge in [0.05, 0.1) is 36.3 Å². The van der Waals surface area contributed by atoms with Gasteiger partial charge in [0, 0.05) is 17.5 Å². The molecular formula is C34H25N5O7S. The summed E-state index contributed by atoms with van der Waals surface area (Å²) in [6.07, 6.45) is -0.182. The molecule has 1 unspecified atom stereocenters. The average molecular weight is 648 g/mol. The molecule has 1 aliphatic heterocycles. The molecule has 0 aliphatic carbocycles. The van der Waals surface area contributed by atoms with E-state index in [2.05, 4.69) is 11.1 Å². The number of ether oxygens (including phenoxy) is 3. The molecule has 234 valence electrons. The molecule has 0 radical (unpaired) electrons. The van der Waals surface area contributed by atoms with Crippen molar-refractivity contribution in [1.29, 1.82) is 10.5 Å². The molecule has 1 aliphatic rings. The standard InChI is InChI=1S/C34H25N5O7S/c1-44-26-13-10-21(14-27(26)45-2)25(40)18-46-34(43)20-8-11-22(12-9-20)39-29(41)15-28(33(39)42)47-32-24(17-36)30(19-6-4-3-5-7-19)23(16-35)31(37)38-32/h3-14,28H,15,18H2,1-2H3,(H2,37,38). The summed E-state index contributed by atoms with van der Waals surface area (Å²) in [5, 5.41) is 19.0. The van der Waals surface area contributed by atoms with E-state index >= 15 is 0 Å². The van der Waals surface area contributed by atoms with Crippen molar-refractivity contribution in [3.63, 3.8) is 0 Å². The van der Waals surface area contributed by atoms with Gasteiger partial charge in [-0.2, -0.15) is 10.5 Å². The fourth-order valence-electron chi connectivity index (χ4n) is 4.93. The lowest BCUT2D eigenvalue weighted by Crippen LogP contribution is -2.31. The fourth-order valence-corrected chi connectivity index (χ4v) is 6.05. The molecule has 3 aromatic carbocycles. The number of anilines is 2. The Morgan fingerprint density at radius 1 is 0.936 bits per heavy atom. The Kier molecular flexibility index (Phi) is 9.50. The third kappa shape index (κ3) is 6.47. The summed E-state index contributed by atoms with van der Waals surface area (Å²) in [5.41, 5.74) is 7.66. The summed E-state index contributed by atoms with van der Waals surface area (Å²) in [5.74, 6) is -1.58. The van der Waals surface area contributed by atoms with Crippen molar-refractivity contribution >= 4 is 46.8 Å². The molecule has 0 saturated carbocycles. The number of nitriles is 2. The Morgan fingerprint density at radius 3 is 2.23 bits per heavy atom. The first kappa shape index (κ1) is 32.2. The van der Waals surface area contributed by atoms with Crippen LogP contribution in [0.4, 0.5) is 11.5 Å². The summed E-state index contributed by atoms with van der Waals surface area (Å²) in [4.78, 5) is 56.9. The lowest BCUT2D eigenvalue weighted by molar-refractivity contribution is -0.121. The van der Waals surface area contributed by atoms with E-state index in [-0.39, 0.29) is 45.2 Å². The number of methoxy groups -OCH3 is 2. The summed E-state index contributed by atoms with van der Waals surface area (Å²) < 4.78 is 15.5. The summed E-state index contributed by atoms with van der Waals surface area (Å²) >= 11 is 0.919. The van der Waals surface area contributed by atoms with Gasteiger partial charge >= 0.3 is 5.97 Å². The number of aromatic nitrogens is 1. The number of esters is 1. The largest absolute Gasteiger partial charge is 0.493 e. The number of carbonyl (C=O) groups is 4. The summed E-state index contributed by atoms with van der Waals surface area (Å²) in [7, 11) is 2.91. The number of nitrogens with zero attached hydrogens (tertiary/aromatic N) is 4. The minimum absolute atomic E-state index is 0.0384. The predicted molar refractivity (Wildman–Crippen MR) is 171 cm³/mol. The van der Waals surface area contributed by atoms with E-state index in [0.717, 1.165) is 16.7 Å². The Balaban J connectivity index is 1.29. The second kappa shape index (κ2) is 13.9. The number of pyridine rings is 1. The normalized spacial score (nSPS) is 13.9. The first-order valence-corrected chi connectivity index (χ1v) is 14.8. The van der Waals surface area contributed by atoms with Gasteiger partial charge < -0.3 is 19.9 Å². The number of carbonyl (C=O) groups excluding carboxylic acids is 4. The number of nitrogen functional groups attached to an aromatic ring is 1. The van der Waals surface area contributed by atoms with Crippen molar-refractivity contribution in [1.82, 2.24) is 4.98 Å². The Morgan fingerprint density at radius 2 is 1.60 bits per heavy atom. The van der Waals surface area contributed by atoms with Gasteiger partial charge in [-0.1, -0.05) is 42.1 Å². The molecule has 0 bridgehead atoms. The maximum atomic E-state index is 13.4. The van der Waals surface area contributed by atoms with E-state index in [1.807, 2.05) is 6.07 Å². The lowest BCUT2D eigenvalue weighted by Gasteiger charge is -2.16. The van der Waals surface area contributed by atoms with Crippen LogP contribution < -0.4 is 20.1 Å². The zero-order valence-corrected chi connectivity index (χ0v) is 25.9. The van der Waals surface area contributed by atoms with Gasteiger partial charge in [0.15, 0.2) is 23.9 Å². The molecular weight excluding hydrogens is 622 g/mol. The lowest BCUT2D eigenvalue weighted by atomic mass is 9.97. The van der Waals surface area contributed by atoms with Gasteiger partial charge in [0.1, 0.15) is 28.5 Å². The van der Waals surface area contributed by atoms with Crippen LogP contribution in [0, 0.1) is 22.7 Å². The Hall–Kier alpha value is -6.18. The van der Waals surface area contributed by atoms with Crippen molar-refractivity contribution in [2.45, 2.75) is 16.7 Å². The highest BCUT2D eigenvalue weighted by atomic mass is 32.2. The van der Waals surface area contributed by atoms with Gasteiger partial charge in [0.25, 0.3) is 0 Å². The van der Waals surface area contributed by atoms with Crippen molar-refractivity contribution in [3.05, 3.63) is 95.1 Å². The van der Waals surface area contributed by atoms with E-state index in [1.54, 1.807) is 36.4 Å². The topological polar surface area (TPSA) is 186 Å². The first-order valence-electron chi connectivity index (χ1n) is 14.0. The molecule has 1 aromatic heterocycles. The second-order valence-electron chi connectivity index (χ2n) is 10.0. The van der Waals surface area contributed by atoms with E-state index in [1.165, 1.54) is 50.6 Å². The first-order chi connectivity index (χ1) is 22.7. The molecule has 2 N–H and O–H groups in total.